The fourth-order valence-corrected chi connectivity index (χ4v) is 4.21. The van der Waals surface area contributed by atoms with Crippen LogP contribution >= 0.6 is 23.2 Å². The van der Waals surface area contributed by atoms with Gasteiger partial charge in [-0.1, -0.05) is 48.2 Å². The summed E-state index contributed by atoms with van der Waals surface area (Å²) in [6.45, 7) is 4.51. The summed E-state index contributed by atoms with van der Waals surface area (Å²) in [6, 6.07) is 13.0. The summed E-state index contributed by atoms with van der Waals surface area (Å²) in [6.07, 6.45) is 4.44. The smallest absolute Gasteiger partial charge is 0.235 e. The third-order valence-electron chi connectivity index (χ3n) is 5.99. The lowest BCUT2D eigenvalue weighted by atomic mass is 9.78. The zero-order chi connectivity index (χ0) is 21.8. The molecule has 6 heteroatoms. The van der Waals surface area contributed by atoms with E-state index in [2.05, 4.69) is 5.32 Å². The Labute approximate surface area is 188 Å². The van der Waals surface area contributed by atoms with Crippen molar-refractivity contribution in [3.05, 3.63) is 58.1 Å². The number of rotatable bonds is 8. The van der Waals surface area contributed by atoms with Gasteiger partial charge in [0.05, 0.1) is 22.6 Å². The molecular formula is C24H29Cl2NO3. The fourth-order valence-electron chi connectivity index (χ4n) is 3.85. The third-order valence-corrected chi connectivity index (χ3v) is 6.54. The first-order valence-electron chi connectivity index (χ1n) is 10.3. The molecule has 1 fully saturated rings. The summed E-state index contributed by atoms with van der Waals surface area (Å²) < 4.78 is 11.2. The Balaban J connectivity index is 1.70. The van der Waals surface area contributed by atoms with Crippen LogP contribution in [0.4, 0.5) is 5.69 Å². The van der Waals surface area contributed by atoms with E-state index in [0.29, 0.717) is 28.1 Å². The van der Waals surface area contributed by atoms with Gasteiger partial charge >= 0.3 is 0 Å². The first-order chi connectivity index (χ1) is 14.3. The van der Waals surface area contributed by atoms with E-state index < -0.39 is 5.41 Å². The molecule has 3 rings (SSSR count). The number of benzene rings is 2. The molecule has 0 spiro atoms. The van der Waals surface area contributed by atoms with Crippen LogP contribution in [-0.4, -0.2) is 25.2 Å². The molecule has 0 unspecified atom stereocenters. The quantitative estimate of drug-likeness (QED) is 0.491. The van der Waals surface area contributed by atoms with Gasteiger partial charge in [0, 0.05) is 24.2 Å². The van der Waals surface area contributed by atoms with Crippen molar-refractivity contribution in [3.8, 4) is 5.75 Å². The van der Waals surface area contributed by atoms with Gasteiger partial charge < -0.3 is 14.8 Å². The summed E-state index contributed by atoms with van der Waals surface area (Å²) in [7, 11) is 1.69. The van der Waals surface area contributed by atoms with E-state index in [0.717, 1.165) is 37.7 Å². The van der Waals surface area contributed by atoms with Gasteiger partial charge in [0.1, 0.15) is 5.75 Å². The van der Waals surface area contributed by atoms with Crippen LogP contribution in [0.3, 0.4) is 0 Å². The molecule has 162 valence electrons. The van der Waals surface area contributed by atoms with Crippen molar-refractivity contribution in [1.29, 1.82) is 0 Å². The summed E-state index contributed by atoms with van der Waals surface area (Å²) in [5.74, 6) is 0.587. The van der Waals surface area contributed by atoms with Crippen molar-refractivity contribution in [2.75, 3.05) is 19.0 Å². The van der Waals surface area contributed by atoms with Crippen molar-refractivity contribution in [3.63, 3.8) is 0 Å². The van der Waals surface area contributed by atoms with E-state index in [9.17, 15) is 4.79 Å². The largest absolute Gasteiger partial charge is 0.492 e. The lowest BCUT2D eigenvalue weighted by Crippen LogP contribution is -2.37. The number of hydrogen-bond donors (Lipinski definition) is 1. The monoisotopic (exact) mass is 449 g/mol. The van der Waals surface area contributed by atoms with E-state index in [1.165, 1.54) is 0 Å². The minimum Gasteiger partial charge on any atom is -0.492 e. The Hall–Kier alpha value is -1.75. The first kappa shape index (κ1) is 22.9. The summed E-state index contributed by atoms with van der Waals surface area (Å²) in [4.78, 5) is 13.3. The summed E-state index contributed by atoms with van der Waals surface area (Å²) in [5, 5.41) is 4.20. The average Bonchev–Trinajstić information content (AvgIpc) is 3.21. The number of methoxy groups -OCH3 is 1. The van der Waals surface area contributed by atoms with Gasteiger partial charge in [-0.15, -0.1) is 0 Å². The Kier molecular flexibility index (Phi) is 7.33. The minimum atomic E-state index is -0.530. The second-order valence-corrected chi connectivity index (χ2v) is 9.30. The maximum absolute atomic E-state index is 13.3. The molecule has 0 atom stereocenters. The molecule has 2 aromatic carbocycles. The highest BCUT2D eigenvalue weighted by molar-refractivity contribution is 6.32. The predicted molar refractivity (Wildman–Crippen MR) is 123 cm³/mol. The molecule has 4 nitrogen and oxygen atoms in total. The van der Waals surface area contributed by atoms with Gasteiger partial charge in [-0.3, -0.25) is 4.79 Å². The molecule has 30 heavy (non-hydrogen) atoms. The second-order valence-electron chi connectivity index (χ2n) is 8.46. The molecule has 0 saturated heterocycles. The van der Waals surface area contributed by atoms with Gasteiger partial charge in [0.2, 0.25) is 5.91 Å². The van der Waals surface area contributed by atoms with Gasteiger partial charge in [0.15, 0.2) is 0 Å². The van der Waals surface area contributed by atoms with Crippen LogP contribution in [0.25, 0.3) is 0 Å². The van der Waals surface area contributed by atoms with Crippen molar-refractivity contribution in [2.24, 2.45) is 0 Å². The molecule has 1 saturated carbocycles. The van der Waals surface area contributed by atoms with Crippen molar-refractivity contribution in [2.45, 2.75) is 57.0 Å². The Morgan fingerprint density at radius 1 is 1.10 bits per heavy atom. The van der Waals surface area contributed by atoms with Gasteiger partial charge in [-0.2, -0.15) is 0 Å². The normalized spacial score (nSPS) is 15.8. The molecule has 0 aliphatic heterocycles. The van der Waals surface area contributed by atoms with E-state index in [-0.39, 0.29) is 11.5 Å². The lowest BCUT2D eigenvalue weighted by Gasteiger charge is -2.28. The van der Waals surface area contributed by atoms with E-state index in [1.807, 2.05) is 44.2 Å². The third kappa shape index (κ3) is 5.29. The molecule has 1 aliphatic carbocycles. The molecule has 1 aliphatic rings. The zero-order valence-electron chi connectivity index (χ0n) is 17.8. The maximum Gasteiger partial charge on any atom is 0.235 e. The Morgan fingerprint density at radius 3 is 2.37 bits per heavy atom. The molecule has 1 amide bonds. The van der Waals surface area contributed by atoms with Crippen molar-refractivity contribution in [1.82, 2.24) is 0 Å². The number of ether oxygens (including phenoxy) is 2. The van der Waals surface area contributed by atoms with Crippen LogP contribution in [0, 0.1) is 0 Å². The fraction of sp³-hybridized carbons (Fsp3) is 0.458. The average molecular weight is 450 g/mol. The number of halogens is 2. The second kappa shape index (κ2) is 9.59. The van der Waals surface area contributed by atoms with Gasteiger partial charge in [0.25, 0.3) is 0 Å². The molecular weight excluding hydrogens is 421 g/mol. The molecule has 0 radical (unpaired) electrons. The highest BCUT2D eigenvalue weighted by Crippen LogP contribution is 2.42. The highest BCUT2D eigenvalue weighted by Gasteiger charge is 2.42. The first-order valence-corrected chi connectivity index (χ1v) is 11.1. The lowest BCUT2D eigenvalue weighted by molar-refractivity contribution is -0.121. The van der Waals surface area contributed by atoms with Crippen molar-refractivity contribution >= 4 is 34.8 Å². The van der Waals surface area contributed by atoms with Gasteiger partial charge in [-0.05, 0) is 62.6 Å². The number of amides is 1. The number of nitrogens with one attached hydrogen (secondary N) is 1. The Morgan fingerprint density at radius 2 is 1.77 bits per heavy atom. The van der Waals surface area contributed by atoms with Crippen LogP contribution in [0.2, 0.25) is 10.0 Å². The SMILES string of the molecule is COC(C)(C)CCOc1ccc(NC(=O)C2(c3ccc(Cl)cc3)CCCC2)cc1Cl. The highest BCUT2D eigenvalue weighted by atomic mass is 35.5. The number of carbonyl (C=O) groups is 1. The van der Waals surface area contributed by atoms with Gasteiger partial charge in [-0.25, -0.2) is 0 Å². The molecule has 0 bridgehead atoms. The minimum absolute atomic E-state index is 0.00565. The maximum atomic E-state index is 13.3. The van der Waals surface area contributed by atoms with E-state index in [1.54, 1.807) is 19.2 Å². The van der Waals surface area contributed by atoms with Crippen LogP contribution in [-0.2, 0) is 14.9 Å². The molecule has 2 aromatic rings. The molecule has 0 heterocycles. The van der Waals surface area contributed by atoms with Crippen LogP contribution < -0.4 is 10.1 Å². The number of anilines is 1. The van der Waals surface area contributed by atoms with E-state index >= 15 is 0 Å². The standard InChI is InChI=1S/C24H29Cl2NO3/c1-23(2,29-3)14-15-30-21-11-10-19(16-20(21)26)27-22(28)24(12-4-5-13-24)17-6-8-18(25)9-7-17/h6-11,16H,4-5,12-15H2,1-3H3,(H,27,28). The molecule has 0 aromatic heterocycles. The number of carbonyl (C=O) groups excluding carboxylic acids is 1. The van der Waals surface area contributed by atoms with Crippen LogP contribution in [0.15, 0.2) is 42.5 Å². The zero-order valence-corrected chi connectivity index (χ0v) is 19.3. The van der Waals surface area contributed by atoms with E-state index in [4.69, 9.17) is 32.7 Å². The molecule has 1 N–H and O–H groups in total. The number of hydrogen-bond acceptors (Lipinski definition) is 3. The summed E-state index contributed by atoms with van der Waals surface area (Å²) >= 11 is 12.4. The predicted octanol–water partition coefficient (Wildman–Crippen LogP) is 6.64. The van der Waals surface area contributed by atoms with Crippen LogP contribution in [0.1, 0.15) is 51.5 Å². The summed E-state index contributed by atoms with van der Waals surface area (Å²) in [5.41, 5.74) is 0.888. The Bertz CT molecular complexity index is 875. The topological polar surface area (TPSA) is 47.6 Å². The van der Waals surface area contributed by atoms with Crippen LogP contribution in [0.5, 0.6) is 5.75 Å². The van der Waals surface area contributed by atoms with Crippen molar-refractivity contribution < 1.29 is 14.3 Å².